The van der Waals surface area contributed by atoms with Crippen molar-refractivity contribution in [2.24, 2.45) is 0 Å². The van der Waals surface area contributed by atoms with Gasteiger partial charge in [-0.3, -0.25) is 0 Å². The number of fused-ring (bicyclic) bond motifs is 1. The number of benzene rings is 1. The minimum atomic E-state index is -4.82. The van der Waals surface area contributed by atoms with Crippen LogP contribution in [0.5, 0.6) is 5.75 Å². The van der Waals surface area contributed by atoms with Crippen LogP contribution in [0.4, 0.5) is 26.3 Å². The molecule has 0 N–H and O–H groups in total. The molecular formula is C15H9F6N3O2. The molecule has 3 aromatic rings. The fourth-order valence-corrected chi connectivity index (χ4v) is 2.31. The molecule has 11 heteroatoms. The Morgan fingerprint density at radius 2 is 1.54 bits per heavy atom. The quantitative estimate of drug-likeness (QED) is 0.655. The van der Waals surface area contributed by atoms with Gasteiger partial charge in [0.2, 0.25) is 0 Å². The average Bonchev–Trinajstić information content (AvgIpc) is 2.80. The molecule has 26 heavy (non-hydrogen) atoms. The molecule has 0 atom stereocenters. The molecule has 0 fully saturated rings. The van der Waals surface area contributed by atoms with Crippen molar-refractivity contribution in [2.45, 2.75) is 19.1 Å². The maximum Gasteiger partial charge on any atom is 0.573 e. The van der Waals surface area contributed by atoms with E-state index in [4.69, 9.17) is 0 Å². The molecule has 0 bridgehead atoms. The van der Waals surface area contributed by atoms with E-state index in [1.165, 1.54) is 30.5 Å². The van der Waals surface area contributed by atoms with Gasteiger partial charge in [0.15, 0.2) is 5.65 Å². The molecule has 5 nitrogen and oxygen atoms in total. The van der Waals surface area contributed by atoms with Gasteiger partial charge >= 0.3 is 18.2 Å². The topological polar surface area (TPSA) is 48.5 Å². The van der Waals surface area contributed by atoms with E-state index >= 15 is 0 Å². The van der Waals surface area contributed by atoms with Crippen LogP contribution >= 0.6 is 0 Å². The van der Waals surface area contributed by atoms with E-state index in [1.807, 2.05) is 0 Å². The number of aromatic nitrogens is 3. The largest absolute Gasteiger partial charge is 0.573 e. The van der Waals surface area contributed by atoms with Crippen molar-refractivity contribution in [3.8, 4) is 16.9 Å². The summed E-state index contributed by atoms with van der Waals surface area (Å²) in [5.41, 5.74) is -0.113. The number of rotatable bonds is 3. The van der Waals surface area contributed by atoms with Crippen LogP contribution in [-0.4, -0.2) is 26.7 Å². The predicted octanol–water partition coefficient (Wildman–Crippen LogP) is 3.62. The number of halogens is 6. The third-order valence-electron chi connectivity index (χ3n) is 3.33. The number of hydrogen-bond acceptors (Lipinski definition) is 3. The van der Waals surface area contributed by atoms with E-state index < -0.39 is 30.5 Å². The van der Waals surface area contributed by atoms with Crippen molar-refractivity contribution in [1.29, 1.82) is 0 Å². The normalized spacial score (nSPS) is 12.5. The molecule has 0 radical (unpaired) electrons. The summed E-state index contributed by atoms with van der Waals surface area (Å²) in [6.45, 7) is -1.52. The summed E-state index contributed by atoms with van der Waals surface area (Å²) in [5, 5.41) is 3.59. The van der Waals surface area contributed by atoms with Crippen molar-refractivity contribution < 1.29 is 31.1 Å². The summed E-state index contributed by atoms with van der Waals surface area (Å²) < 4.78 is 78.8. The number of nitrogens with zero attached hydrogens (tertiary/aromatic N) is 3. The van der Waals surface area contributed by atoms with E-state index in [2.05, 4.69) is 9.84 Å². The van der Waals surface area contributed by atoms with Gasteiger partial charge in [0.1, 0.15) is 12.3 Å². The van der Waals surface area contributed by atoms with Gasteiger partial charge in [-0.15, -0.1) is 18.3 Å². The van der Waals surface area contributed by atoms with Crippen molar-refractivity contribution in [1.82, 2.24) is 14.2 Å². The van der Waals surface area contributed by atoms with Gasteiger partial charge in [-0.1, -0.05) is 12.1 Å². The number of ether oxygens (including phenoxy) is 1. The summed E-state index contributed by atoms with van der Waals surface area (Å²) >= 11 is 0. The molecular weight excluding hydrogens is 368 g/mol. The monoisotopic (exact) mass is 377 g/mol. The van der Waals surface area contributed by atoms with Crippen LogP contribution in [0, 0.1) is 0 Å². The lowest BCUT2D eigenvalue weighted by atomic mass is 10.1. The summed E-state index contributed by atoms with van der Waals surface area (Å²) in [7, 11) is 0. The van der Waals surface area contributed by atoms with Crippen LogP contribution in [-0.2, 0) is 6.54 Å². The fourth-order valence-electron chi connectivity index (χ4n) is 2.31. The first kappa shape index (κ1) is 17.8. The van der Waals surface area contributed by atoms with E-state index in [0.717, 1.165) is 16.5 Å². The zero-order chi connectivity index (χ0) is 19.1. The van der Waals surface area contributed by atoms with Crippen molar-refractivity contribution in [3.63, 3.8) is 0 Å². The van der Waals surface area contributed by atoms with Crippen molar-refractivity contribution in [2.75, 3.05) is 0 Å². The molecule has 0 saturated carbocycles. The van der Waals surface area contributed by atoms with Gasteiger partial charge in [-0.2, -0.15) is 13.2 Å². The molecule has 3 rings (SSSR count). The molecule has 2 heterocycles. The smallest absolute Gasteiger partial charge is 0.406 e. The lowest BCUT2D eigenvalue weighted by molar-refractivity contribution is -0.274. The Kier molecular flexibility index (Phi) is 4.17. The molecule has 1 aromatic carbocycles. The van der Waals surface area contributed by atoms with E-state index in [1.54, 1.807) is 0 Å². The average molecular weight is 377 g/mol. The van der Waals surface area contributed by atoms with Gasteiger partial charge < -0.3 is 4.74 Å². The Labute approximate surface area is 141 Å². The van der Waals surface area contributed by atoms with Crippen molar-refractivity contribution >= 4 is 5.65 Å². The molecule has 138 valence electrons. The fraction of sp³-hybridized carbons (Fsp3) is 0.200. The highest BCUT2D eigenvalue weighted by molar-refractivity contribution is 5.65. The highest BCUT2D eigenvalue weighted by Gasteiger charge is 2.31. The van der Waals surface area contributed by atoms with Gasteiger partial charge in [0.05, 0.1) is 0 Å². The lowest BCUT2D eigenvalue weighted by Gasteiger charge is -2.09. The SMILES string of the molecule is O=c1n(CC(F)(F)F)nc2ccc(-c3ccc(OC(F)(F)F)cc3)cn12. The molecule has 2 aromatic heterocycles. The first-order valence-corrected chi connectivity index (χ1v) is 7.04. The van der Waals surface area contributed by atoms with Crippen LogP contribution in [0.15, 0.2) is 47.4 Å². The molecule has 0 aliphatic rings. The Bertz CT molecular complexity index is 986. The second kappa shape index (κ2) is 6.07. The summed E-state index contributed by atoms with van der Waals surface area (Å²) in [6, 6.07) is 7.65. The Morgan fingerprint density at radius 1 is 0.923 bits per heavy atom. The number of pyridine rings is 1. The van der Waals surface area contributed by atoms with E-state index in [-0.39, 0.29) is 5.65 Å². The van der Waals surface area contributed by atoms with E-state index in [0.29, 0.717) is 15.8 Å². The van der Waals surface area contributed by atoms with Crippen LogP contribution < -0.4 is 10.4 Å². The first-order valence-electron chi connectivity index (χ1n) is 7.04. The van der Waals surface area contributed by atoms with E-state index in [9.17, 15) is 31.1 Å². The molecule has 0 unspecified atom stereocenters. The highest BCUT2D eigenvalue weighted by Crippen LogP contribution is 2.26. The third kappa shape index (κ3) is 3.98. The second-order valence-corrected chi connectivity index (χ2v) is 5.27. The third-order valence-corrected chi connectivity index (χ3v) is 3.33. The summed E-state index contributed by atoms with van der Waals surface area (Å²) in [5.74, 6) is -0.419. The van der Waals surface area contributed by atoms with Gasteiger partial charge in [-0.25, -0.2) is 13.9 Å². The number of hydrogen-bond donors (Lipinski definition) is 0. The molecule has 0 amide bonds. The predicted molar refractivity (Wildman–Crippen MR) is 77.6 cm³/mol. The van der Waals surface area contributed by atoms with Gasteiger partial charge in [0, 0.05) is 6.20 Å². The maximum absolute atomic E-state index is 12.4. The van der Waals surface area contributed by atoms with Crippen LogP contribution in [0.25, 0.3) is 16.8 Å². The Balaban J connectivity index is 1.94. The minimum Gasteiger partial charge on any atom is -0.406 e. The van der Waals surface area contributed by atoms with Crippen molar-refractivity contribution in [3.05, 3.63) is 53.1 Å². The summed E-state index contributed by atoms with van der Waals surface area (Å²) in [4.78, 5) is 12.0. The second-order valence-electron chi connectivity index (χ2n) is 5.27. The standard InChI is InChI=1S/C15H9F6N3O2/c16-14(17,18)8-24-13(25)23-7-10(3-6-12(23)22-24)9-1-4-11(5-2-9)26-15(19,20)21/h1-7H,8H2. The lowest BCUT2D eigenvalue weighted by Crippen LogP contribution is -2.28. The number of alkyl halides is 6. The molecule has 0 spiro atoms. The van der Waals surface area contributed by atoms with Crippen LogP contribution in [0.3, 0.4) is 0 Å². The van der Waals surface area contributed by atoms with Gasteiger partial charge in [-0.05, 0) is 35.4 Å². The van der Waals surface area contributed by atoms with Gasteiger partial charge in [0.25, 0.3) is 0 Å². The zero-order valence-corrected chi connectivity index (χ0v) is 12.7. The highest BCUT2D eigenvalue weighted by atomic mass is 19.4. The first-order chi connectivity index (χ1) is 12.0. The molecule has 0 aliphatic heterocycles. The maximum atomic E-state index is 12.4. The minimum absolute atomic E-state index is 0.0139. The Morgan fingerprint density at radius 3 is 2.12 bits per heavy atom. The van der Waals surface area contributed by atoms with Crippen LogP contribution in [0.1, 0.15) is 0 Å². The summed E-state index contributed by atoms with van der Waals surface area (Å²) in [6.07, 6.45) is -8.16. The molecule has 0 saturated heterocycles. The van der Waals surface area contributed by atoms with Crippen LogP contribution in [0.2, 0.25) is 0 Å². The zero-order valence-electron chi connectivity index (χ0n) is 12.7. The Hall–Kier alpha value is -2.98. The molecule has 0 aliphatic carbocycles.